The summed E-state index contributed by atoms with van der Waals surface area (Å²) in [5, 5.41) is 21.9. The molecular formula is C14H18N6O. The lowest BCUT2D eigenvalue weighted by Gasteiger charge is -2.10. The number of hydrogen-bond acceptors (Lipinski definition) is 7. The zero-order chi connectivity index (χ0) is 15.8. The van der Waals surface area contributed by atoms with Crippen molar-refractivity contribution in [3.8, 4) is 0 Å². The van der Waals surface area contributed by atoms with E-state index in [9.17, 15) is 0 Å². The zero-order valence-corrected chi connectivity index (χ0v) is 11.7. The van der Waals surface area contributed by atoms with Crippen molar-refractivity contribution >= 4 is 36.1 Å². The molecule has 0 unspecified atom stereocenters. The molecule has 7 N–H and O–H groups in total. The number of aliphatic imine (C=N–C) groups is 1. The van der Waals surface area contributed by atoms with Gasteiger partial charge in [0.2, 0.25) is 5.90 Å². The molecule has 0 atom stereocenters. The van der Waals surface area contributed by atoms with Crippen molar-refractivity contribution in [3.63, 3.8) is 0 Å². The van der Waals surface area contributed by atoms with Crippen molar-refractivity contribution < 1.29 is 4.74 Å². The maximum absolute atomic E-state index is 7.66. The van der Waals surface area contributed by atoms with E-state index in [0.29, 0.717) is 41.0 Å². The number of hydrogen-bond donors (Lipinski definition) is 5. The monoisotopic (exact) mass is 286 g/mol. The molecule has 21 heavy (non-hydrogen) atoms. The Hall–Kier alpha value is -2.96. The third kappa shape index (κ3) is 4.00. The Morgan fingerprint density at radius 3 is 2.67 bits per heavy atom. The molecule has 0 aliphatic heterocycles. The summed E-state index contributed by atoms with van der Waals surface area (Å²) in [6.45, 7) is 2.46. The van der Waals surface area contributed by atoms with E-state index in [1.807, 2.05) is 6.92 Å². The summed E-state index contributed by atoms with van der Waals surface area (Å²) in [5.74, 6) is -0.183. The maximum atomic E-state index is 7.66. The number of nitrogens with two attached hydrogens (primary N) is 2. The summed E-state index contributed by atoms with van der Waals surface area (Å²) in [7, 11) is 0. The first-order valence-corrected chi connectivity index (χ1v) is 6.19. The van der Waals surface area contributed by atoms with E-state index in [4.69, 9.17) is 32.4 Å². The topological polar surface area (TPSA) is 145 Å². The lowest BCUT2D eigenvalue weighted by molar-refractivity contribution is 0.561. The molecule has 7 nitrogen and oxygen atoms in total. The third-order valence-corrected chi connectivity index (χ3v) is 2.66. The molecule has 7 heteroatoms. The molecule has 0 aliphatic rings. The molecule has 1 aromatic carbocycles. The largest absolute Gasteiger partial charge is 0.428 e. The summed E-state index contributed by atoms with van der Waals surface area (Å²) >= 11 is 0. The van der Waals surface area contributed by atoms with Crippen LogP contribution >= 0.6 is 0 Å². The van der Waals surface area contributed by atoms with Gasteiger partial charge in [-0.3, -0.25) is 15.8 Å². The highest BCUT2D eigenvalue weighted by atomic mass is 16.5. The fourth-order valence-electron chi connectivity index (χ4n) is 1.59. The predicted octanol–water partition coefficient (Wildman–Crippen LogP) is 1.63. The normalized spacial score (nSPS) is 11.9. The molecular weight excluding hydrogens is 268 g/mol. The van der Waals surface area contributed by atoms with Gasteiger partial charge in [0.1, 0.15) is 0 Å². The quantitative estimate of drug-likeness (QED) is 0.307. The van der Waals surface area contributed by atoms with Gasteiger partial charge in [-0.25, -0.2) is 0 Å². The van der Waals surface area contributed by atoms with Gasteiger partial charge in [-0.1, -0.05) is 0 Å². The van der Waals surface area contributed by atoms with Crippen molar-refractivity contribution in [2.24, 2.45) is 10.7 Å². The van der Waals surface area contributed by atoms with Crippen LogP contribution in [0, 0.1) is 16.2 Å². The third-order valence-electron chi connectivity index (χ3n) is 2.66. The Bertz CT molecular complexity index is 618. The Labute approximate surface area is 122 Å². The number of nitrogens with one attached hydrogen (secondary N) is 3. The highest BCUT2D eigenvalue weighted by Gasteiger charge is 2.10. The first-order chi connectivity index (χ1) is 10.0. The fourth-order valence-corrected chi connectivity index (χ4v) is 1.59. The molecule has 0 aliphatic carbocycles. The highest BCUT2D eigenvalue weighted by molar-refractivity contribution is 6.11. The van der Waals surface area contributed by atoms with Crippen LogP contribution in [-0.4, -0.2) is 31.3 Å². The number of nitrogen functional groups attached to an aromatic ring is 1. The van der Waals surface area contributed by atoms with Gasteiger partial charge < -0.3 is 21.6 Å². The molecule has 0 saturated carbocycles. The summed E-state index contributed by atoms with van der Waals surface area (Å²) in [5.41, 5.74) is 14.0. The van der Waals surface area contributed by atoms with Crippen molar-refractivity contribution in [1.82, 2.24) is 0 Å². The summed E-state index contributed by atoms with van der Waals surface area (Å²) < 4.78 is 4.71. The fraction of sp³-hybridized carbons (Fsp3) is 0.143. The van der Waals surface area contributed by atoms with E-state index in [2.05, 4.69) is 4.99 Å². The SMILES string of the molecule is CCN=CC(C=N)=C(N)c1cc(C(=N)OC=N)ccc1N. The zero-order valence-electron chi connectivity index (χ0n) is 11.7. The second kappa shape index (κ2) is 7.59. The van der Waals surface area contributed by atoms with Crippen LogP contribution in [0.15, 0.2) is 28.8 Å². The summed E-state index contributed by atoms with van der Waals surface area (Å²) in [4.78, 5) is 4.05. The van der Waals surface area contributed by atoms with E-state index in [1.165, 1.54) is 6.21 Å². The minimum absolute atomic E-state index is 0.183. The van der Waals surface area contributed by atoms with Gasteiger partial charge in [-0.05, 0) is 25.1 Å². The molecule has 0 bridgehead atoms. The standard InChI is InChI=1S/C14H18N6O/c1-2-20-7-10(6-15)13(18)11-5-9(3-4-12(11)17)14(19)21-8-16/h3-8,15-16,19H,2,17-18H2,1H3. The van der Waals surface area contributed by atoms with Crippen LogP contribution in [0.5, 0.6) is 0 Å². The number of benzene rings is 1. The number of allylic oxidation sites excluding steroid dienone is 1. The van der Waals surface area contributed by atoms with Crippen LogP contribution in [0.2, 0.25) is 0 Å². The minimum atomic E-state index is -0.183. The molecule has 0 fully saturated rings. The number of anilines is 1. The minimum Gasteiger partial charge on any atom is -0.428 e. The molecule has 110 valence electrons. The molecule has 0 saturated heterocycles. The molecule has 0 radical (unpaired) electrons. The maximum Gasteiger partial charge on any atom is 0.220 e. The second-order valence-electron chi connectivity index (χ2n) is 4.01. The van der Waals surface area contributed by atoms with Gasteiger partial charge in [0, 0.05) is 41.4 Å². The van der Waals surface area contributed by atoms with Gasteiger partial charge in [0.15, 0.2) is 6.40 Å². The van der Waals surface area contributed by atoms with Crippen molar-refractivity contribution in [3.05, 3.63) is 34.9 Å². The molecule has 0 spiro atoms. The second-order valence-corrected chi connectivity index (χ2v) is 4.01. The molecule has 0 aromatic heterocycles. The van der Waals surface area contributed by atoms with Crippen molar-refractivity contribution in [1.29, 1.82) is 16.2 Å². The smallest absolute Gasteiger partial charge is 0.220 e. The van der Waals surface area contributed by atoms with E-state index >= 15 is 0 Å². The van der Waals surface area contributed by atoms with Gasteiger partial charge in [0.05, 0.1) is 5.70 Å². The van der Waals surface area contributed by atoms with E-state index in [-0.39, 0.29) is 5.90 Å². The lowest BCUT2D eigenvalue weighted by atomic mass is 10.0. The Morgan fingerprint density at radius 1 is 1.38 bits per heavy atom. The average Bonchev–Trinajstić information content (AvgIpc) is 2.48. The van der Waals surface area contributed by atoms with E-state index in [0.717, 1.165) is 6.21 Å². The molecule has 0 amide bonds. The van der Waals surface area contributed by atoms with E-state index < -0.39 is 0 Å². The Morgan fingerprint density at radius 2 is 2.10 bits per heavy atom. The number of ether oxygens (including phenoxy) is 1. The summed E-state index contributed by atoms with van der Waals surface area (Å²) in [6, 6.07) is 4.78. The molecule has 0 heterocycles. The first-order valence-electron chi connectivity index (χ1n) is 6.19. The predicted molar refractivity (Wildman–Crippen MR) is 86.5 cm³/mol. The molecule has 1 rings (SSSR count). The van der Waals surface area contributed by atoms with Crippen LogP contribution in [0.25, 0.3) is 5.70 Å². The van der Waals surface area contributed by atoms with Crippen LogP contribution < -0.4 is 11.5 Å². The Kier molecular flexibility index (Phi) is 5.81. The van der Waals surface area contributed by atoms with Gasteiger partial charge in [-0.15, -0.1) is 0 Å². The van der Waals surface area contributed by atoms with Gasteiger partial charge in [0.25, 0.3) is 0 Å². The number of nitrogens with zero attached hydrogens (tertiary/aromatic N) is 1. The highest BCUT2D eigenvalue weighted by Crippen LogP contribution is 2.21. The molecule has 1 aromatic rings. The summed E-state index contributed by atoms with van der Waals surface area (Å²) in [6.07, 6.45) is 3.28. The number of rotatable bonds is 6. The Balaban J connectivity index is 3.34. The van der Waals surface area contributed by atoms with Crippen LogP contribution in [0.1, 0.15) is 18.1 Å². The van der Waals surface area contributed by atoms with E-state index in [1.54, 1.807) is 18.2 Å². The van der Waals surface area contributed by atoms with Crippen LogP contribution in [-0.2, 0) is 4.74 Å². The first kappa shape index (κ1) is 16.1. The van der Waals surface area contributed by atoms with Gasteiger partial charge in [-0.2, -0.15) is 0 Å². The lowest BCUT2D eigenvalue weighted by Crippen LogP contribution is -2.10. The van der Waals surface area contributed by atoms with Crippen molar-refractivity contribution in [2.45, 2.75) is 6.92 Å². The van der Waals surface area contributed by atoms with Crippen LogP contribution in [0.3, 0.4) is 0 Å². The van der Waals surface area contributed by atoms with Crippen LogP contribution in [0.4, 0.5) is 5.69 Å². The average molecular weight is 286 g/mol. The van der Waals surface area contributed by atoms with Gasteiger partial charge >= 0.3 is 0 Å². The van der Waals surface area contributed by atoms with Crippen molar-refractivity contribution in [2.75, 3.05) is 12.3 Å².